The molecule has 6 heteroatoms. The van der Waals surface area contributed by atoms with Gasteiger partial charge in [-0.15, -0.1) is 5.10 Å². The molecule has 1 aliphatic heterocycles. The fourth-order valence-electron chi connectivity index (χ4n) is 1.93. The summed E-state index contributed by atoms with van der Waals surface area (Å²) in [5.74, 6) is 0.808. The van der Waals surface area contributed by atoms with E-state index in [-0.39, 0.29) is 17.8 Å². The Morgan fingerprint density at radius 1 is 1.56 bits per heavy atom. The largest absolute Gasteiger partial charge is 0.335 e. The minimum atomic E-state index is -0.113. The van der Waals surface area contributed by atoms with E-state index in [4.69, 9.17) is 0 Å². The van der Waals surface area contributed by atoms with Crippen molar-refractivity contribution in [3.05, 3.63) is 11.6 Å². The van der Waals surface area contributed by atoms with Gasteiger partial charge in [-0.05, 0) is 26.3 Å². The van der Waals surface area contributed by atoms with E-state index in [2.05, 4.69) is 20.5 Å². The van der Waals surface area contributed by atoms with Crippen molar-refractivity contribution in [2.75, 3.05) is 20.1 Å². The van der Waals surface area contributed by atoms with Crippen molar-refractivity contribution in [2.24, 2.45) is 0 Å². The van der Waals surface area contributed by atoms with Gasteiger partial charge in [0.1, 0.15) is 5.82 Å². The molecule has 6 nitrogen and oxygen atoms in total. The molecule has 1 saturated heterocycles. The fraction of sp³-hybridized carbons (Fsp3) is 0.700. The highest BCUT2D eigenvalue weighted by Gasteiger charge is 2.24. The van der Waals surface area contributed by atoms with Crippen molar-refractivity contribution in [1.82, 2.24) is 25.4 Å². The first-order chi connectivity index (χ1) is 7.68. The number of hydrogen-bond donors (Lipinski definition) is 2. The van der Waals surface area contributed by atoms with Crippen LogP contribution in [0.3, 0.4) is 0 Å². The van der Waals surface area contributed by atoms with Crippen LogP contribution in [-0.2, 0) is 0 Å². The Hall–Kier alpha value is -1.43. The monoisotopic (exact) mass is 223 g/mol. The molecule has 0 saturated carbocycles. The summed E-state index contributed by atoms with van der Waals surface area (Å²) < 4.78 is 0. The highest BCUT2D eigenvalue weighted by Crippen LogP contribution is 2.10. The topological polar surface area (TPSA) is 73.9 Å². The number of H-pyrrole nitrogens is 1. The molecule has 2 heterocycles. The lowest BCUT2D eigenvalue weighted by Crippen LogP contribution is -2.46. The molecule has 1 aromatic heterocycles. The van der Waals surface area contributed by atoms with Crippen LogP contribution in [0.15, 0.2) is 0 Å². The standard InChI is InChI=1S/C10H17N5O/c1-7-12-9(14-13-7)10(16)15(2)8-4-3-5-11-6-8/h8,11H,3-6H2,1-2H3,(H,12,13,14). The van der Waals surface area contributed by atoms with Gasteiger partial charge in [0, 0.05) is 19.6 Å². The third-order valence-corrected chi connectivity index (χ3v) is 2.93. The molecular formula is C10H17N5O. The van der Waals surface area contributed by atoms with Crippen LogP contribution in [0.1, 0.15) is 29.3 Å². The summed E-state index contributed by atoms with van der Waals surface area (Å²) in [5, 5.41) is 9.85. The van der Waals surface area contributed by atoms with E-state index in [0.29, 0.717) is 5.82 Å². The molecule has 1 fully saturated rings. The van der Waals surface area contributed by atoms with Gasteiger partial charge >= 0.3 is 0 Å². The molecule has 0 aromatic carbocycles. The molecule has 0 bridgehead atoms. The van der Waals surface area contributed by atoms with Crippen molar-refractivity contribution in [2.45, 2.75) is 25.8 Å². The van der Waals surface area contributed by atoms with Gasteiger partial charge in [0.05, 0.1) is 0 Å². The second-order valence-electron chi connectivity index (χ2n) is 4.16. The lowest BCUT2D eigenvalue weighted by atomic mass is 10.1. The average Bonchev–Trinajstić information content (AvgIpc) is 2.75. The molecule has 2 N–H and O–H groups in total. The van der Waals surface area contributed by atoms with Crippen molar-refractivity contribution in [1.29, 1.82) is 0 Å². The highest BCUT2D eigenvalue weighted by atomic mass is 16.2. The first-order valence-electron chi connectivity index (χ1n) is 5.55. The van der Waals surface area contributed by atoms with E-state index in [1.165, 1.54) is 0 Å². The summed E-state index contributed by atoms with van der Waals surface area (Å²) in [6.07, 6.45) is 2.15. The molecule has 1 unspecified atom stereocenters. The van der Waals surface area contributed by atoms with Gasteiger partial charge in [-0.1, -0.05) is 0 Å². The molecule has 0 radical (unpaired) electrons. The molecule has 1 aliphatic rings. The highest BCUT2D eigenvalue weighted by molar-refractivity contribution is 5.90. The molecule has 0 spiro atoms. The normalized spacial score (nSPS) is 20.8. The van der Waals surface area contributed by atoms with E-state index in [9.17, 15) is 4.79 Å². The Labute approximate surface area is 94.4 Å². The van der Waals surface area contributed by atoms with Gasteiger partial charge in [0.25, 0.3) is 5.91 Å². The molecule has 88 valence electrons. The van der Waals surface area contributed by atoms with Crippen LogP contribution in [0.4, 0.5) is 0 Å². The van der Waals surface area contributed by atoms with E-state index in [0.717, 1.165) is 25.9 Å². The van der Waals surface area contributed by atoms with Crippen LogP contribution in [0.25, 0.3) is 0 Å². The number of rotatable bonds is 2. The summed E-state index contributed by atoms with van der Waals surface area (Å²) in [4.78, 5) is 17.8. The van der Waals surface area contributed by atoms with Crippen LogP contribution >= 0.6 is 0 Å². The smallest absolute Gasteiger partial charge is 0.293 e. The lowest BCUT2D eigenvalue weighted by molar-refractivity contribution is 0.0696. The predicted octanol–water partition coefficient (Wildman–Crippen LogP) is -0.0629. The molecule has 1 amide bonds. The number of carbonyl (C=O) groups excluding carboxylic acids is 1. The quantitative estimate of drug-likeness (QED) is 0.736. The number of amides is 1. The number of aromatic nitrogens is 3. The van der Waals surface area contributed by atoms with Crippen molar-refractivity contribution in [3.8, 4) is 0 Å². The number of nitrogens with one attached hydrogen (secondary N) is 2. The molecule has 16 heavy (non-hydrogen) atoms. The fourth-order valence-corrected chi connectivity index (χ4v) is 1.93. The van der Waals surface area contributed by atoms with Crippen LogP contribution in [0.2, 0.25) is 0 Å². The maximum atomic E-state index is 12.0. The van der Waals surface area contributed by atoms with Crippen LogP contribution in [0, 0.1) is 6.92 Å². The van der Waals surface area contributed by atoms with Crippen LogP contribution < -0.4 is 5.32 Å². The number of piperidine rings is 1. The molecular weight excluding hydrogens is 206 g/mol. The number of nitrogens with zero attached hydrogens (tertiary/aromatic N) is 3. The Morgan fingerprint density at radius 2 is 2.38 bits per heavy atom. The van der Waals surface area contributed by atoms with Crippen LogP contribution in [-0.4, -0.2) is 52.2 Å². The third kappa shape index (κ3) is 2.21. The Balaban J connectivity index is 2.03. The Kier molecular flexibility index (Phi) is 3.19. The Morgan fingerprint density at radius 3 is 2.94 bits per heavy atom. The number of carbonyl (C=O) groups is 1. The summed E-state index contributed by atoms with van der Waals surface area (Å²) in [5.41, 5.74) is 0. The number of likely N-dealkylation sites (N-methyl/N-ethyl adjacent to an activating group) is 1. The SMILES string of the molecule is Cc1nc(C(=O)N(C)C2CCCNC2)n[nH]1. The van der Waals surface area contributed by atoms with Gasteiger partial charge in [-0.25, -0.2) is 4.98 Å². The minimum Gasteiger partial charge on any atom is -0.335 e. The van der Waals surface area contributed by atoms with Gasteiger partial charge < -0.3 is 10.2 Å². The summed E-state index contributed by atoms with van der Waals surface area (Å²) in [7, 11) is 1.81. The minimum absolute atomic E-state index is 0.113. The predicted molar refractivity (Wildman–Crippen MR) is 59.1 cm³/mol. The van der Waals surface area contributed by atoms with Crippen molar-refractivity contribution >= 4 is 5.91 Å². The Bertz CT molecular complexity index is 369. The van der Waals surface area contributed by atoms with Gasteiger partial charge in [-0.3, -0.25) is 9.89 Å². The summed E-state index contributed by atoms with van der Waals surface area (Å²) in [6, 6.07) is 0.250. The zero-order chi connectivity index (χ0) is 11.5. The van der Waals surface area contributed by atoms with E-state index < -0.39 is 0 Å². The lowest BCUT2D eigenvalue weighted by Gasteiger charge is -2.30. The maximum Gasteiger partial charge on any atom is 0.293 e. The number of aromatic amines is 1. The summed E-state index contributed by atoms with van der Waals surface area (Å²) in [6.45, 7) is 3.68. The zero-order valence-corrected chi connectivity index (χ0v) is 9.66. The summed E-state index contributed by atoms with van der Waals surface area (Å²) >= 11 is 0. The van der Waals surface area contributed by atoms with E-state index in [1.807, 2.05) is 7.05 Å². The van der Waals surface area contributed by atoms with Crippen molar-refractivity contribution in [3.63, 3.8) is 0 Å². The third-order valence-electron chi connectivity index (χ3n) is 2.93. The molecule has 1 atom stereocenters. The van der Waals surface area contributed by atoms with Gasteiger partial charge in [0.15, 0.2) is 0 Å². The van der Waals surface area contributed by atoms with Crippen LogP contribution in [0.5, 0.6) is 0 Å². The first kappa shape index (κ1) is 11.1. The van der Waals surface area contributed by atoms with E-state index in [1.54, 1.807) is 11.8 Å². The average molecular weight is 223 g/mol. The second kappa shape index (κ2) is 4.61. The van der Waals surface area contributed by atoms with Gasteiger partial charge in [0.2, 0.25) is 5.82 Å². The number of aryl methyl sites for hydroxylation is 1. The first-order valence-corrected chi connectivity index (χ1v) is 5.55. The molecule has 2 rings (SSSR count). The van der Waals surface area contributed by atoms with Crippen molar-refractivity contribution < 1.29 is 4.79 Å². The second-order valence-corrected chi connectivity index (χ2v) is 4.16. The maximum absolute atomic E-state index is 12.0. The van der Waals surface area contributed by atoms with E-state index >= 15 is 0 Å². The molecule has 0 aliphatic carbocycles. The van der Waals surface area contributed by atoms with Gasteiger partial charge in [-0.2, -0.15) is 0 Å². The molecule has 1 aromatic rings. The number of hydrogen-bond acceptors (Lipinski definition) is 4. The zero-order valence-electron chi connectivity index (χ0n) is 9.66.